The Kier molecular flexibility index (Phi) is 43.3. The number of urea groups is 2. The van der Waals surface area contributed by atoms with E-state index in [-0.39, 0.29) is 48.4 Å². The van der Waals surface area contributed by atoms with E-state index in [1.165, 1.54) is 130 Å². The number of azo groups is 1. The minimum absolute atomic E-state index is 0.0565. The molecule has 8 aromatic rings. The monoisotopic (exact) mass is 1750 g/mol. The van der Waals surface area contributed by atoms with Gasteiger partial charge in [0.05, 0.1) is 37.0 Å². The van der Waals surface area contributed by atoms with Crippen molar-refractivity contribution in [2.24, 2.45) is 10.2 Å². The second kappa shape index (κ2) is 52.7. The number of carboxylic acid groups (broad SMARTS) is 1. The second-order valence-electron chi connectivity index (χ2n) is 31.7. The Bertz CT molecular complexity index is 4510. The maximum absolute atomic E-state index is 13.7. The van der Waals surface area contributed by atoms with Crippen molar-refractivity contribution in [1.29, 1.82) is 0 Å². The quantitative estimate of drug-likeness (QED) is 0.0171. The third-order valence-corrected chi connectivity index (χ3v) is 27.2. The van der Waals surface area contributed by atoms with Crippen LogP contribution in [0.1, 0.15) is 241 Å². The van der Waals surface area contributed by atoms with E-state index in [9.17, 15) is 55.7 Å². The van der Waals surface area contributed by atoms with Crippen LogP contribution in [0.25, 0.3) is 34.2 Å². The van der Waals surface area contributed by atoms with Crippen LogP contribution in [-0.2, 0) is 56.2 Å². The van der Waals surface area contributed by atoms with Crippen molar-refractivity contribution < 1.29 is 70.3 Å². The summed E-state index contributed by atoms with van der Waals surface area (Å²) >= 11 is 0. The molecule has 21 nitrogen and oxygen atoms in total. The second-order valence-corrected chi connectivity index (χ2v) is 37.1. The molecule has 2 fully saturated rings. The van der Waals surface area contributed by atoms with E-state index in [1.54, 1.807) is 77.1 Å². The van der Waals surface area contributed by atoms with Gasteiger partial charge in [0.25, 0.3) is 0 Å². The number of aliphatic hydroxyl groups excluding tert-OH is 1. The zero-order valence-electron chi connectivity index (χ0n) is 74.0. The molecule has 0 saturated carbocycles. The molecule has 4 aliphatic heterocycles. The number of aromatic nitrogens is 6. The lowest BCUT2D eigenvalue weighted by molar-refractivity contribution is -0.144. The predicted octanol–water partition coefficient (Wildman–Crippen LogP) is 23.2. The first-order valence-electron chi connectivity index (χ1n) is 43.9. The molecule has 29 heteroatoms. The van der Waals surface area contributed by atoms with Crippen molar-refractivity contribution in [2.75, 3.05) is 96.9 Å². The van der Waals surface area contributed by atoms with E-state index >= 15 is 0 Å². The van der Waals surface area contributed by atoms with E-state index in [2.05, 4.69) is 125 Å². The number of aromatic carboxylic acids is 1. The van der Waals surface area contributed by atoms with Gasteiger partial charge in [-0.2, -0.15) is 36.5 Å². The van der Waals surface area contributed by atoms with E-state index in [0.29, 0.717) is 60.6 Å². The Hall–Kier alpha value is -9.00. The number of likely N-dealkylation sites (tertiary alicyclic amines) is 2. The molecule has 12 rings (SSSR count). The number of nitrogens with zero attached hydrogens (tertiary/aromatic N) is 12. The summed E-state index contributed by atoms with van der Waals surface area (Å²) in [6.07, 6.45) is 26.6. The van der Waals surface area contributed by atoms with Gasteiger partial charge in [0.1, 0.15) is 29.2 Å². The third kappa shape index (κ3) is 32.8. The van der Waals surface area contributed by atoms with E-state index in [0.717, 1.165) is 132 Å². The molecule has 0 atom stereocenters. The first-order valence-corrected chi connectivity index (χ1v) is 47.7. The number of piperidine rings is 2. The fraction of sp³-hybridized carbons (Fsp3) is 0.532. The number of likely N-dealkylation sites (N-methyl/N-ethyl adjacent to an activating group) is 2. The molecule has 0 unspecified atom stereocenters. The Labute approximate surface area is 726 Å². The van der Waals surface area contributed by atoms with Gasteiger partial charge in [-0.05, 0) is 244 Å². The number of amides is 4. The number of unbranched alkanes of at least 4 members (excludes halogenated alkanes) is 6. The van der Waals surface area contributed by atoms with Crippen molar-refractivity contribution in [3.63, 3.8) is 0 Å². The molecule has 123 heavy (non-hydrogen) atoms. The van der Waals surface area contributed by atoms with E-state index < -0.39 is 46.8 Å². The first kappa shape index (κ1) is 101. The highest BCUT2D eigenvalue weighted by Gasteiger charge is 2.43. The number of benzene rings is 4. The molecule has 4 amide bonds. The minimum atomic E-state index is -4.94. The van der Waals surface area contributed by atoms with Crippen molar-refractivity contribution in [2.45, 2.75) is 229 Å². The van der Waals surface area contributed by atoms with Crippen LogP contribution in [0.5, 0.6) is 11.5 Å². The normalized spacial score (nSPS) is 14.1. The summed E-state index contributed by atoms with van der Waals surface area (Å²) in [4.78, 5) is 63.2. The van der Waals surface area contributed by atoms with Gasteiger partial charge in [-0.3, -0.25) is 0 Å². The largest absolute Gasteiger partial charge is 0.507 e. The Morgan fingerprint density at radius 1 is 0.488 bits per heavy atom. The summed E-state index contributed by atoms with van der Waals surface area (Å²) in [5.74, 6) is -2.67. The summed E-state index contributed by atoms with van der Waals surface area (Å²) in [6.45, 7) is 26.5. The lowest BCUT2D eigenvalue weighted by Crippen LogP contribution is -2.35. The number of rotatable bonds is 29. The number of esters is 1. The zero-order valence-corrected chi connectivity index (χ0v) is 75.8. The van der Waals surface area contributed by atoms with Crippen LogP contribution < -0.4 is 4.74 Å². The SMILES string of the molecule is CCCCP(CCCC)CCCC.CCCCP(CCCC)CCCC.CCOC(=O)c1cnn(-c2cccc(-c3cc(C)ccc3O)n2)c1C(F)(F)F.CN1CCc2cc(CO)ccc2C1.Cc1ccc(OCc2ccc3c(c2)CCN(C)C3)c(-c2cccc(-n3ncc(C(=O)O)c3C(F)(F)F)n2)c1.O=C(N=NC(=O)N1CCCCC1)N1CCCCC1. The highest BCUT2D eigenvalue weighted by Crippen LogP contribution is 2.42. The van der Waals surface area contributed by atoms with Crippen LogP contribution in [0.15, 0.2) is 132 Å². The number of alkyl halides is 6. The number of hydrogen-bond donors (Lipinski definition) is 3. The summed E-state index contributed by atoms with van der Waals surface area (Å²) in [6, 6.07) is 31.2. The Morgan fingerprint density at radius 2 is 0.894 bits per heavy atom. The number of aryl methyl sites for hydroxylation is 2. The lowest BCUT2D eigenvalue weighted by atomic mass is 9.98. The molecule has 0 aliphatic carbocycles. The highest BCUT2D eigenvalue weighted by molar-refractivity contribution is 7.57. The number of hydrogen-bond acceptors (Lipinski definition) is 14. The summed E-state index contributed by atoms with van der Waals surface area (Å²) < 4.78 is 94.0. The van der Waals surface area contributed by atoms with Crippen LogP contribution in [0.2, 0.25) is 0 Å². The standard InChI is InChI=1S/C28H25F3N4O3.C19H16F3N3O3.C12H20N4O2.2C12H27P.C11H15NO/c1-17-6-9-24(38-16-18-7-8-20-15-34(2)11-10-19(20)13-18)21(12-17)23-4-3-5-25(33-23)35-26(28(29,30)31)22(14-32-35)27(36)37;1-3-28-18(27)13-10-23-25(17(13)19(20,21)22)16-6-4-5-14(24-16)12-9-11(2)7-8-15(12)26;17-11(15-7-3-1-4-8-15)13-14-12(18)16-9-5-2-6-10-16;2*1-4-7-10-13(11-8-5-2)12-9-6-3;1-12-5-4-10-6-9(8-13)2-3-11(10)7-12/h3-9,12-14H,10-11,15-16H2,1-2H3,(H,36,37);4-10,26H,3H2,1-2H3;1-10H2;2*4-12H2,1-3H3;2-3,6,13H,4-5,7-8H2,1H3. The van der Waals surface area contributed by atoms with Crippen molar-refractivity contribution in [3.05, 3.63) is 189 Å². The number of carboxylic acids is 1. The van der Waals surface area contributed by atoms with Crippen LogP contribution in [-0.4, -0.2) is 185 Å². The van der Waals surface area contributed by atoms with Crippen LogP contribution in [0, 0.1) is 13.8 Å². The van der Waals surface area contributed by atoms with Crippen LogP contribution in [0.3, 0.4) is 0 Å². The fourth-order valence-corrected chi connectivity index (χ4v) is 20.4. The van der Waals surface area contributed by atoms with Crippen molar-refractivity contribution >= 4 is 39.8 Å². The molecule has 0 spiro atoms. The molecular formula is C94H130F6N12O9P2. The van der Waals surface area contributed by atoms with Crippen LogP contribution >= 0.6 is 15.8 Å². The molecule has 3 N–H and O–H groups in total. The van der Waals surface area contributed by atoms with Gasteiger partial charge in [0, 0.05) is 63.5 Å². The maximum Gasteiger partial charge on any atom is 0.434 e. The van der Waals surface area contributed by atoms with Gasteiger partial charge in [-0.15, -0.1) is 15.8 Å². The smallest absolute Gasteiger partial charge is 0.434 e. The van der Waals surface area contributed by atoms with Gasteiger partial charge in [-0.1, -0.05) is 162 Å². The van der Waals surface area contributed by atoms with Gasteiger partial charge in [0.2, 0.25) is 0 Å². The molecule has 2 saturated heterocycles. The number of aliphatic hydroxyl groups is 1. The first-order chi connectivity index (χ1) is 59.1. The molecule has 4 aromatic heterocycles. The third-order valence-electron chi connectivity index (χ3n) is 21.5. The molecule has 0 bridgehead atoms. The molecule has 672 valence electrons. The average Bonchev–Trinajstić information content (AvgIpc) is 1.61. The van der Waals surface area contributed by atoms with E-state index in [1.807, 2.05) is 44.2 Å². The van der Waals surface area contributed by atoms with Gasteiger partial charge >= 0.3 is 36.4 Å². The number of carbonyl (C=O) groups excluding carboxylic acids is 3. The predicted molar refractivity (Wildman–Crippen MR) is 480 cm³/mol. The van der Waals surface area contributed by atoms with Crippen molar-refractivity contribution in [3.8, 4) is 45.6 Å². The zero-order chi connectivity index (χ0) is 89.4. The molecular weight excluding hydrogens is 1620 g/mol. The topological polar surface area (TPSA) is 247 Å². The maximum atomic E-state index is 13.7. The fourth-order valence-electron chi connectivity index (χ4n) is 14.5. The van der Waals surface area contributed by atoms with Gasteiger partial charge in [-0.25, -0.2) is 38.5 Å². The molecule has 0 radical (unpaired) electrons. The minimum Gasteiger partial charge on any atom is -0.507 e. The number of aromatic hydroxyl groups is 1. The van der Waals surface area contributed by atoms with Gasteiger partial charge < -0.3 is 44.4 Å². The molecule has 8 heterocycles. The number of halogens is 6. The molecule has 4 aliphatic rings. The summed E-state index contributed by atoms with van der Waals surface area (Å²) in [5.41, 5.74) is 6.55. The Balaban J connectivity index is 0.000000215. The highest BCUT2D eigenvalue weighted by atomic mass is 31.1. The van der Waals surface area contributed by atoms with Gasteiger partial charge in [0.15, 0.2) is 23.0 Å². The lowest BCUT2D eigenvalue weighted by Gasteiger charge is -2.25. The van der Waals surface area contributed by atoms with E-state index in [4.69, 9.17) is 9.84 Å². The summed E-state index contributed by atoms with van der Waals surface area (Å²) in [7, 11) is 5.09. The number of ether oxygens (including phenoxy) is 2. The number of phenols is 1. The average molecular weight is 1750 g/mol. The molecule has 4 aromatic carbocycles. The number of fused-ring (bicyclic) bond motifs is 2. The number of phenolic OH excluding ortho intramolecular Hbond substituents is 1. The number of carbonyl (C=O) groups is 4. The van der Waals surface area contributed by atoms with Crippen LogP contribution in [0.4, 0.5) is 35.9 Å². The number of pyridine rings is 2. The Morgan fingerprint density at radius 3 is 1.32 bits per heavy atom. The summed E-state index contributed by atoms with van der Waals surface area (Å²) in [5, 5.41) is 42.7. The van der Waals surface area contributed by atoms with Crippen molar-refractivity contribution in [1.82, 2.24) is 49.1 Å².